The summed E-state index contributed by atoms with van der Waals surface area (Å²) < 4.78 is 20.5. The summed E-state index contributed by atoms with van der Waals surface area (Å²) in [5, 5.41) is 13.9. The van der Waals surface area contributed by atoms with Crippen molar-refractivity contribution < 1.29 is 14.2 Å². The van der Waals surface area contributed by atoms with E-state index in [1.54, 1.807) is 18.3 Å². The number of ether oxygens (including phenoxy) is 1. The lowest BCUT2D eigenvalue weighted by molar-refractivity contribution is 0.00106. The van der Waals surface area contributed by atoms with Crippen LogP contribution in [0, 0.1) is 5.82 Å². The van der Waals surface area contributed by atoms with Gasteiger partial charge in [0, 0.05) is 24.5 Å². The normalized spacial score (nSPS) is 21.8. The second-order valence-corrected chi connectivity index (χ2v) is 5.73. The molecule has 1 aromatic carbocycles. The number of aliphatic hydroxyl groups is 1. The number of imidazole rings is 1. The fraction of sp³-hybridized carbons (Fsp3) is 0.438. The zero-order valence-electron chi connectivity index (χ0n) is 12.6. The Labute approximate surface area is 128 Å². The Balaban J connectivity index is 1.88. The van der Waals surface area contributed by atoms with Gasteiger partial charge < -0.3 is 19.7 Å². The van der Waals surface area contributed by atoms with Gasteiger partial charge in [-0.25, -0.2) is 9.37 Å². The van der Waals surface area contributed by atoms with E-state index in [9.17, 15) is 9.50 Å². The summed E-state index contributed by atoms with van der Waals surface area (Å²) in [6.07, 6.45) is 5.22. The van der Waals surface area contributed by atoms with Gasteiger partial charge in [0.1, 0.15) is 5.82 Å². The number of β-amino-alcohol motifs (C(OH)–C–C–N with tert-alkyl or cyclic N) is 1. The summed E-state index contributed by atoms with van der Waals surface area (Å²) in [6, 6.07) is 4.65. The Hall–Kier alpha value is -1.92. The molecule has 0 saturated carbocycles. The molecule has 2 N–H and O–H groups in total. The van der Waals surface area contributed by atoms with Crippen LogP contribution in [0.5, 0.6) is 5.75 Å². The number of rotatable bonds is 4. The van der Waals surface area contributed by atoms with Crippen molar-refractivity contribution in [3.63, 3.8) is 0 Å². The van der Waals surface area contributed by atoms with Gasteiger partial charge in [-0.2, -0.15) is 0 Å². The van der Waals surface area contributed by atoms with Crippen LogP contribution < -0.4 is 10.1 Å². The number of halogens is 1. The molecule has 1 aliphatic heterocycles. The molecule has 0 spiro atoms. The molecule has 2 aromatic rings. The number of nitrogens with zero attached hydrogens (tertiary/aromatic N) is 2. The second kappa shape index (κ2) is 6.06. The first-order chi connectivity index (χ1) is 10.6. The van der Waals surface area contributed by atoms with Gasteiger partial charge in [-0.3, -0.25) is 0 Å². The molecule has 5 nitrogen and oxygen atoms in total. The highest BCUT2D eigenvalue weighted by atomic mass is 19.1. The van der Waals surface area contributed by atoms with E-state index in [1.807, 2.05) is 10.8 Å². The average molecular weight is 305 g/mol. The van der Waals surface area contributed by atoms with Gasteiger partial charge in [0.25, 0.3) is 0 Å². The molecule has 3 rings (SSSR count). The standard InChI is InChI=1S/C16H20FN3O2/c1-22-14-9-12(3-4-13(14)17)15-19-7-8-20(15)11-16(21)5-2-6-18-10-16/h3-4,7-9,18,21H,2,5-6,10-11H2,1H3. The zero-order valence-corrected chi connectivity index (χ0v) is 12.6. The first kappa shape index (κ1) is 15.0. The zero-order chi connectivity index (χ0) is 15.6. The van der Waals surface area contributed by atoms with Crippen molar-refractivity contribution in [2.45, 2.75) is 25.0 Å². The van der Waals surface area contributed by atoms with Gasteiger partial charge >= 0.3 is 0 Å². The summed E-state index contributed by atoms with van der Waals surface area (Å²) in [6.45, 7) is 1.96. The molecule has 0 bridgehead atoms. The Morgan fingerprint density at radius 2 is 2.36 bits per heavy atom. The molecule has 1 aliphatic rings. The third-order valence-corrected chi connectivity index (χ3v) is 4.04. The largest absolute Gasteiger partial charge is 0.494 e. The first-order valence-corrected chi connectivity index (χ1v) is 7.39. The molecule has 1 unspecified atom stereocenters. The maximum absolute atomic E-state index is 13.5. The molecule has 1 saturated heterocycles. The molecule has 2 heterocycles. The molecule has 1 aromatic heterocycles. The van der Waals surface area contributed by atoms with Crippen molar-refractivity contribution in [3.05, 3.63) is 36.4 Å². The molecular formula is C16H20FN3O2. The lowest BCUT2D eigenvalue weighted by Gasteiger charge is -2.33. The third-order valence-electron chi connectivity index (χ3n) is 4.04. The molecule has 22 heavy (non-hydrogen) atoms. The van der Waals surface area contributed by atoms with Crippen LogP contribution >= 0.6 is 0 Å². The average Bonchev–Trinajstić information content (AvgIpc) is 2.96. The van der Waals surface area contributed by atoms with Crippen LogP contribution in [0.15, 0.2) is 30.6 Å². The highest BCUT2D eigenvalue weighted by Crippen LogP contribution is 2.27. The van der Waals surface area contributed by atoms with E-state index in [4.69, 9.17) is 4.74 Å². The van der Waals surface area contributed by atoms with Gasteiger partial charge in [-0.05, 0) is 37.6 Å². The third kappa shape index (κ3) is 2.98. The second-order valence-electron chi connectivity index (χ2n) is 5.73. The van der Waals surface area contributed by atoms with Crippen LogP contribution in [-0.4, -0.2) is 40.5 Å². The summed E-state index contributed by atoms with van der Waals surface area (Å²) in [5.41, 5.74) is -0.0201. The minimum absolute atomic E-state index is 0.185. The highest BCUT2D eigenvalue weighted by Gasteiger charge is 2.30. The molecule has 0 aliphatic carbocycles. The number of piperidine rings is 1. The molecule has 0 amide bonds. The molecule has 118 valence electrons. The van der Waals surface area contributed by atoms with E-state index in [-0.39, 0.29) is 5.75 Å². The SMILES string of the molecule is COc1cc(-c2nccn2CC2(O)CCCNC2)ccc1F. The van der Waals surface area contributed by atoms with Gasteiger partial charge in [0.15, 0.2) is 11.6 Å². The van der Waals surface area contributed by atoms with Crippen molar-refractivity contribution in [2.75, 3.05) is 20.2 Å². The fourth-order valence-electron chi connectivity index (χ4n) is 2.90. The van der Waals surface area contributed by atoms with Crippen molar-refractivity contribution in [1.82, 2.24) is 14.9 Å². The van der Waals surface area contributed by atoms with Crippen molar-refractivity contribution in [1.29, 1.82) is 0 Å². The molecule has 6 heteroatoms. The van der Waals surface area contributed by atoms with E-state index in [1.165, 1.54) is 13.2 Å². The minimum atomic E-state index is -0.780. The Morgan fingerprint density at radius 3 is 3.09 bits per heavy atom. The lowest BCUT2D eigenvalue weighted by atomic mass is 9.94. The first-order valence-electron chi connectivity index (χ1n) is 7.39. The number of methoxy groups -OCH3 is 1. The van der Waals surface area contributed by atoms with E-state index < -0.39 is 11.4 Å². The van der Waals surface area contributed by atoms with E-state index >= 15 is 0 Å². The quantitative estimate of drug-likeness (QED) is 0.904. The fourth-order valence-corrected chi connectivity index (χ4v) is 2.90. The summed E-state index contributed by atoms with van der Waals surface area (Å²) >= 11 is 0. The topological polar surface area (TPSA) is 59.3 Å². The lowest BCUT2D eigenvalue weighted by Crippen LogP contribution is -2.48. The Kier molecular flexibility index (Phi) is 4.13. The maximum atomic E-state index is 13.5. The van der Waals surface area contributed by atoms with Crippen LogP contribution in [0.3, 0.4) is 0 Å². The van der Waals surface area contributed by atoms with Gasteiger partial charge in [0.05, 0.1) is 19.3 Å². The van der Waals surface area contributed by atoms with Crippen LogP contribution in [-0.2, 0) is 6.54 Å². The van der Waals surface area contributed by atoms with Crippen molar-refractivity contribution >= 4 is 0 Å². The smallest absolute Gasteiger partial charge is 0.165 e. The Morgan fingerprint density at radius 1 is 1.50 bits per heavy atom. The monoisotopic (exact) mass is 305 g/mol. The van der Waals surface area contributed by atoms with E-state index in [2.05, 4.69) is 10.3 Å². The summed E-state index contributed by atoms with van der Waals surface area (Å²) in [5.74, 6) is 0.474. The summed E-state index contributed by atoms with van der Waals surface area (Å²) in [7, 11) is 1.44. The summed E-state index contributed by atoms with van der Waals surface area (Å²) in [4.78, 5) is 4.34. The van der Waals surface area contributed by atoms with Crippen molar-refractivity contribution in [3.8, 4) is 17.1 Å². The van der Waals surface area contributed by atoms with Gasteiger partial charge in [-0.15, -0.1) is 0 Å². The van der Waals surface area contributed by atoms with Crippen LogP contribution in [0.25, 0.3) is 11.4 Å². The van der Waals surface area contributed by atoms with Crippen LogP contribution in [0.1, 0.15) is 12.8 Å². The van der Waals surface area contributed by atoms with E-state index in [0.29, 0.717) is 18.9 Å². The molecule has 0 radical (unpaired) electrons. The minimum Gasteiger partial charge on any atom is -0.494 e. The van der Waals surface area contributed by atoms with E-state index in [0.717, 1.165) is 24.9 Å². The number of hydrogen-bond acceptors (Lipinski definition) is 4. The highest BCUT2D eigenvalue weighted by molar-refractivity contribution is 5.58. The van der Waals surface area contributed by atoms with Crippen LogP contribution in [0.2, 0.25) is 0 Å². The van der Waals surface area contributed by atoms with Crippen LogP contribution in [0.4, 0.5) is 4.39 Å². The van der Waals surface area contributed by atoms with Gasteiger partial charge in [0.2, 0.25) is 0 Å². The number of benzene rings is 1. The number of nitrogens with one attached hydrogen (secondary N) is 1. The van der Waals surface area contributed by atoms with Crippen molar-refractivity contribution in [2.24, 2.45) is 0 Å². The maximum Gasteiger partial charge on any atom is 0.165 e. The molecule has 1 atom stereocenters. The number of hydrogen-bond donors (Lipinski definition) is 2. The molecular weight excluding hydrogens is 285 g/mol. The predicted molar refractivity (Wildman–Crippen MR) is 81.2 cm³/mol. The Bertz CT molecular complexity index is 651. The predicted octanol–water partition coefficient (Wildman–Crippen LogP) is 1.81. The van der Waals surface area contributed by atoms with Gasteiger partial charge in [-0.1, -0.05) is 0 Å². The molecule has 1 fully saturated rings. The number of aromatic nitrogens is 2.